The van der Waals surface area contributed by atoms with E-state index in [0.29, 0.717) is 5.69 Å². The molecule has 2 rings (SSSR count). The normalized spacial score (nSPS) is 11.7. The lowest BCUT2D eigenvalue weighted by Crippen LogP contribution is -2.06. The Morgan fingerprint density at radius 2 is 1.93 bits per heavy atom. The van der Waals surface area contributed by atoms with Crippen LogP contribution in [0.1, 0.15) is 5.56 Å². The molecule has 0 amide bonds. The van der Waals surface area contributed by atoms with Crippen molar-refractivity contribution >= 4 is 0 Å². The molecule has 0 saturated heterocycles. The molecular weight excluding hydrogens is 205 g/mol. The highest BCUT2D eigenvalue weighted by atomic mass is 19.4. The monoisotopic (exact) mass is 212 g/mol. The third-order valence-corrected chi connectivity index (χ3v) is 1.94. The summed E-state index contributed by atoms with van der Waals surface area (Å²) in [6.45, 7) is 0. The fourth-order valence-electron chi connectivity index (χ4n) is 1.25. The van der Waals surface area contributed by atoms with Gasteiger partial charge in [-0.25, -0.2) is 4.68 Å². The lowest BCUT2D eigenvalue weighted by atomic mass is 10.2. The molecule has 0 aliphatic rings. The van der Waals surface area contributed by atoms with E-state index in [2.05, 4.69) is 5.10 Å². The van der Waals surface area contributed by atoms with Crippen LogP contribution in [0, 0.1) is 0 Å². The van der Waals surface area contributed by atoms with E-state index < -0.39 is 11.7 Å². The predicted molar refractivity (Wildman–Crippen MR) is 48.6 cm³/mol. The van der Waals surface area contributed by atoms with Crippen molar-refractivity contribution in [2.45, 2.75) is 6.18 Å². The number of hydrogen-bond acceptors (Lipinski definition) is 1. The zero-order valence-electron chi connectivity index (χ0n) is 7.57. The highest BCUT2D eigenvalue weighted by Gasteiger charge is 2.30. The summed E-state index contributed by atoms with van der Waals surface area (Å²) in [6.07, 6.45) is -1.21. The second-order valence-corrected chi connectivity index (χ2v) is 3.00. The molecule has 0 unspecified atom stereocenters. The molecule has 78 valence electrons. The smallest absolute Gasteiger partial charge is 0.241 e. The Bertz CT molecular complexity index is 446. The van der Waals surface area contributed by atoms with Gasteiger partial charge < -0.3 is 0 Å². The largest absolute Gasteiger partial charge is 0.416 e. The van der Waals surface area contributed by atoms with E-state index in [-0.39, 0.29) is 0 Å². The van der Waals surface area contributed by atoms with Crippen molar-refractivity contribution in [1.29, 1.82) is 0 Å². The van der Waals surface area contributed by atoms with Crippen LogP contribution in [-0.4, -0.2) is 9.78 Å². The third kappa shape index (κ3) is 2.01. The minimum atomic E-state index is -4.32. The maximum Gasteiger partial charge on any atom is 0.416 e. The van der Waals surface area contributed by atoms with Gasteiger partial charge in [-0.2, -0.15) is 18.3 Å². The summed E-state index contributed by atoms with van der Waals surface area (Å²) < 4.78 is 38.5. The summed E-state index contributed by atoms with van der Waals surface area (Å²) in [5, 5.41) is 3.86. The fraction of sp³-hybridized carbons (Fsp3) is 0.100. The third-order valence-electron chi connectivity index (χ3n) is 1.94. The number of hydrogen-bond donors (Lipinski definition) is 0. The minimum absolute atomic E-state index is 0.398. The molecule has 5 heteroatoms. The number of halogens is 3. The van der Waals surface area contributed by atoms with Crippen LogP contribution in [0.15, 0.2) is 42.7 Å². The molecule has 0 spiro atoms. The Kier molecular flexibility index (Phi) is 2.22. The van der Waals surface area contributed by atoms with Crippen LogP contribution in [0.3, 0.4) is 0 Å². The van der Waals surface area contributed by atoms with Gasteiger partial charge in [0.25, 0.3) is 0 Å². The van der Waals surface area contributed by atoms with E-state index in [9.17, 15) is 13.2 Å². The van der Waals surface area contributed by atoms with Crippen LogP contribution < -0.4 is 0 Å². The average Bonchev–Trinajstić information content (AvgIpc) is 2.69. The standard InChI is InChI=1S/C10H7F3N2/c11-10(12,13)8-3-1-4-9(7-8)15-6-2-5-14-15/h1-7H. The molecule has 2 aromatic rings. The van der Waals surface area contributed by atoms with Gasteiger partial charge in [0.15, 0.2) is 0 Å². The maximum absolute atomic E-state index is 12.4. The van der Waals surface area contributed by atoms with Crippen LogP contribution >= 0.6 is 0 Å². The molecule has 0 bridgehead atoms. The molecule has 1 aromatic carbocycles. The summed E-state index contributed by atoms with van der Waals surface area (Å²) in [7, 11) is 0. The zero-order chi connectivity index (χ0) is 10.9. The lowest BCUT2D eigenvalue weighted by molar-refractivity contribution is -0.137. The first-order chi connectivity index (χ1) is 7.07. The van der Waals surface area contributed by atoms with Crippen LogP contribution in [0.25, 0.3) is 5.69 Å². The first-order valence-electron chi connectivity index (χ1n) is 4.24. The predicted octanol–water partition coefficient (Wildman–Crippen LogP) is 2.89. The molecule has 15 heavy (non-hydrogen) atoms. The summed E-state index contributed by atoms with van der Waals surface area (Å²) in [5.74, 6) is 0. The maximum atomic E-state index is 12.4. The van der Waals surface area contributed by atoms with Gasteiger partial charge in [-0.1, -0.05) is 6.07 Å². The minimum Gasteiger partial charge on any atom is -0.241 e. The number of alkyl halides is 3. The van der Waals surface area contributed by atoms with Gasteiger partial charge in [0.1, 0.15) is 0 Å². The topological polar surface area (TPSA) is 17.8 Å². The Morgan fingerprint density at radius 1 is 1.13 bits per heavy atom. The molecule has 0 fully saturated rings. The van der Waals surface area contributed by atoms with Crippen LogP contribution in [0.2, 0.25) is 0 Å². The average molecular weight is 212 g/mol. The summed E-state index contributed by atoms with van der Waals surface area (Å²) in [4.78, 5) is 0. The number of benzene rings is 1. The molecule has 1 aromatic heterocycles. The van der Waals surface area contributed by atoms with Crippen molar-refractivity contribution < 1.29 is 13.2 Å². The molecule has 0 atom stereocenters. The van der Waals surface area contributed by atoms with Crippen LogP contribution in [0.5, 0.6) is 0 Å². The first-order valence-corrected chi connectivity index (χ1v) is 4.24. The first kappa shape index (κ1) is 9.76. The Hall–Kier alpha value is -1.78. The summed E-state index contributed by atoms with van der Waals surface area (Å²) in [5.41, 5.74) is -0.273. The second-order valence-electron chi connectivity index (χ2n) is 3.00. The highest BCUT2D eigenvalue weighted by molar-refractivity contribution is 5.36. The van der Waals surface area contributed by atoms with E-state index in [0.717, 1.165) is 12.1 Å². The van der Waals surface area contributed by atoms with Gasteiger partial charge >= 0.3 is 6.18 Å². The van der Waals surface area contributed by atoms with E-state index in [1.165, 1.54) is 16.9 Å². The van der Waals surface area contributed by atoms with Gasteiger partial charge in [0.05, 0.1) is 11.3 Å². The van der Waals surface area contributed by atoms with Crippen molar-refractivity contribution in [3.63, 3.8) is 0 Å². The molecule has 0 saturated carbocycles. The molecule has 0 N–H and O–H groups in total. The van der Waals surface area contributed by atoms with Gasteiger partial charge in [-0.3, -0.25) is 0 Å². The Morgan fingerprint density at radius 3 is 2.53 bits per heavy atom. The fourth-order valence-corrected chi connectivity index (χ4v) is 1.25. The zero-order valence-corrected chi connectivity index (χ0v) is 7.57. The second kappa shape index (κ2) is 3.42. The molecule has 1 heterocycles. The molecule has 2 nitrogen and oxygen atoms in total. The quantitative estimate of drug-likeness (QED) is 0.710. The van der Waals surface area contributed by atoms with Crippen molar-refractivity contribution in [1.82, 2.24) is 9.78 Å². The SMILES string of the molecule is FC(F)(F)c1cccc(-n2cccn2)c1. The molecular formula is C10H7F3N2. The summed E-state index contributed by atoms with van der Waals surface area (Å²) >= 11 is 0. The Labute approximate surface area is 84.0 Å². The molecule has 0 aliphatic heterocycles. The Balaban J connectivity index is 2.44. The number of rotatable bonds is 1. The van der Waals surface area contributed by atoms with Gasteiger partial charge in [0.2, 0.25) is 0 Å². The van der Waals surface area contributed by atoms with E-state index in [1.54, 1.807) is 18.3 Å². The molecule has 0 radical (unpaired) electrons. The molecule has 0 aliphatic carbocycles. The van der Waals surface area contributed by atoms with E-state index >= 15 is 0 Å². The van der Waals surface area contributed by atoms with Gasteiger partial charge in [-0.15, -0.1) is 0 Å². The lowest BCUT2D eigenvalue weighted by Gasteiger charge is -2.08. The van der Waals surface area contributed by atoms with Crippen LogP contribution in [0.4, 0.5) is 13.2 Å². The van der Waals surface area contributed by atoms with E-state index in [4.69, 9.17) is 0 Å². The van der Waals surface area contributed by atoms with E-state index in [1.807, 2.05) is 0 Å². The van der Waals surface area contributed by atoms with Gasteiger partial charge in [-0.05, 0) is 24.3 Å². The summed E-state index contributed by atoms with van der Waals surface area (Å²) in [6, 6.07) is 6.68. The van der Waals surface area contributed by atoms with Crippen molar-refractivity contribution in [3.8, 4) is 5.69 Å². The van der Waals surface area contributed by atoms with Crippen LogP contribution in [-0.2, 0) is 6.18 Å². The number of aromatic nitrogens is 2. The van der Waals surface area contributed by atoms with Gasteiger partial charge in [0, 0.05) is 12.4 Å². The van der Waals surface area contributed by atoms with Crippen molar-refractivity contribution in [3.05, 3.63) is 48.3 Å². The van der Waals surface area contributed by atoms with Crippen molar-refractivity contribution in [2.24, 2.45) is 0 Å². The van der Waals surface area contributed by atoms with Crippen molar-refractivity contribution in [2.75, 3.05) is 0 Å². The highest BCUT2D eigenvalue weighted by Crippen LogP contribution is 2.30. The number of nitrogens with zero attached hydrogens (tertiary/aromatic N) is 2.